The van der Waals surface area contributed by atoms with Gasteiger partial charge in [-0.25, -0.2) is 14.8 Å². The van der Waals surface area contributed by atoms with Crippen LogP contribution in [0.1, 0.15) is 11.1 Å². The minimum atomic E-state index is -0.506. The Kier molecular flexibility index (Phi) is 6.48. The first kappa shape index (κ1) is 22.9. The summed E-state index contributed by atoms with van der Waals surface area (Å²) >= 11 is 0. The molecule has 36 heavy (non-hydrogen) atoms. The van der Waals surface area contributed by atoms with Gasteiger partial charge in [0.25, 0.3) is 5.56 Å². The molecule has 4 N–H and O–H groups in total. The minimum Gasteiger partial charge on any atom is -0.445 e. The summed E-state index contributed by atoms with van der Waals surface area (Å²) in [5.74, 6) is 0.454. The van der Waals surface area contributed by atoms with Gasteiger partial charge in [-0.2, -0.15) is 0 Å². The number of ether oxygens (including phenoxy) is 1. The Hall–Kier alpha value is -4.86. The van der Waals surface area contributed by atoms with E-state index in [1.807, 2.05) is 60.2 Å². The van der Waals surface area contributed by atoms with Gasteiger partial charge in [-0.3, -0.25) is 4.79 Å². The predicted molar refractivity (Wildman–Crippen MR) is 137 cm³/mol. The topological polar surface area (TPSA) is 130 Å². The predicted octanol–water partition coefficient (Wildman–Crippen LogP) is 3.75. The molecule has 0 bridgehead atoms. The molecule has 0 saturated heterocycles. The van der Waals surface area contributed by atoms with E-state index < -0.39 is 6.09 Å². The van der Waals surface area contributed by atoms with Crippen LogP contribution < -0.4 is 16.2 Å². The second-order valence-corrected chi connectivity index (χ2v) is 8.22. The second kappa shape index (κ2) is 10.2. The smallest absolute Gasteiger partial charge is 0.407 e. The Morgan fingerprint density at radius 2 is 2.00 bits per heavy atom. The van der Waals surface area contributed by atoms with Crippen LogP contribution in [0.2, 0.25) is 0 Å². The van der Waals surface area contributed by atoms with Gasteiger partial charge in [-0.15, -0.1) is 0 Å². The number of amides is 1. The fourth-order valence-electron chi connectivity index (χ4n) is 3.95. The van der Waals surface area contributed by atoms with E-state index in [4.69, 9.17) is 9.72 Å². The Balaban J connectivity index is 1.28. The van der Waals surface area contributed by atoms with Crippen molar-refractivity contribution in [3.63, 3.8) is 0 Å². The monoisotopic (exact) mass is 483 g/mol. The number of aromatic nitrogens is 5. The summed E-state index contributed by atoms with van der Waals surface area (Å²) in [5.41, 5.74) is 5.14. The van der Waals surface area contributed by atoms with Crippen molar-refractivity contribution in [1.29, 1.82) is 0 Å². The Morgan fingerprint density at radius 3 is 2.81 bits per heavy atom. The Bertz CT molecular complexity index is 1540. The lowest BCUT2D eigenvalue weighted by molar-refractivity contribution is 0.140. The number of hydrogen-bond donors (Lipinski definition) is 4. The minimum absolute atomic E-state index is 0.201. The van der Waals surface area contributed by atoms with Crippen LogP contribution in [0, 0.1) is 6.92 Å². The number of anilines is 1. The van der Waals surface area contributed by atoms with Crippen molar-refractivity contribution in [2.75, 3.05) is 18.4 Å². The van der Waals surface area contributed by atoms with Gasteiger partial charge in [-0.1, -0.05) is 30.3 Å². The summed E-state index contributed by atoms with van der Waals surface area (Å²) in [5, 5.41) is 5.92. The van der Waals surface area contributed by atoms with Gasteiger partial charge in [0, 0.05) is 37.4 Å². The number of alkyl carbamates (subject to hydrolysis) is 1. The molecular formula is C26H25N7O3. The molecule has 3 aromatic heterocycles. The lowest BCUT2D eigenvalue weighted by atomic mass is 10.2. The molecule has 10 heteroatoms. The van der Waals surface area contributed by atoms with E-state index in [0.29, 0.717) is 30.2 Å². The van der Waals surface area contributed by atoms with Gasteiger partial charge < -0.3 is 29.9 Å². The van der Waals surface area contributed by atoms with Crippen LogP contribution in [0.25, 0.3) is 28.1 Å². The van der Waals surface area contributed by atoms with Crippen LogP contribution >= 0.6 is 0 Å². The van der Waals surface area contributed by atoms with Crippen molar-refractivity contribution in [3.8, 4) is 17.1 Å². The fraction of sp³-hybridized carbons (Fsp3) is 0.154. The maximum Gasteiger partial charge on any atom is 0.407 e. The molecule has 0 unspecified atom stereocenters. The average molecular weight is 484 g/mol. The third kappa shape index (κ3) is 4.97. The molecule has 10 nitrogen and oxygen atoms in total. The number of H-pyrrole nitrogens is 2. The molecule has 1 amide bonds. The zero-order valence-electron chi connectivity index (χ0n) is 19.6. The Labute approximate surface area is 206 Å². The number of nitrogens with zero attached hydrogens (tertiary/aromatic N) is 3. The maximum absolute atomic E-state index is 12.8. The first-order valence-corrected chi connectivity index (χ1v) is 11.5. The van der Waals surface area contributed by atoms with E-state index in [1.165, 1.54) is 0 Å². The van der Waals surface area contributed by atoms with Gasteiger partial charge in [0.15, 0.2) is 0 Å². The van der Waals surface area contributed by atoms with Crippen LogP contribution in [-0.2, 0) is 11.3 Å². The SMILES string of the molecule is Cc1cc(-n2ccnc2)cc2[nH]c(-c3c(NCCNC(=O)OCc4ccccc4)cc[nH]c3=O)nc12. The summed E-state index contributed by atoms with van der Waals surface area (Å²) in [6.45, 7) is 2.88. The maximum atomic E-state index is 12.8. The Morgan fingerprint density at radius 1 is 1.14 bits per heavy atom. The summed E-state index contributed by atoms with van der Waals surface area (Å²) in [6.07, 6.45) is 6.38. The summed E-state index contributed by atoms with van der Waals surface area (Å²) < 4.78 is 7.13. The van der Waals surface area contributed by atoms with Crippen molar-refractivity contribution in [3.05, 3.63) is 94.9 Å². The van der Waals surface area contributed by atoms with Gasteiger partial charge in [-0.05, 0) is 36.2 Å². The number of carbonyl (C=O) groups is 1. The number of aryl methyl sites for hydroxylation is 1. The molecule has 0 radical (unpaired) electrons. The zero-order chi connectivity index (χ0) is 24.9. The van der Waals surface area contributed by atoms with Gasteiger partial charge in [0.2, 0.25) is 0 Å². The third-order valence-electron chi connectivity index (χ3n) is 5.68. The number of fused-ring (bicyclic) bond motifs is 1. The first-order chi connectivity index (χ1) is 17.6. The molecule has 0 aliphatic heterocycles. The second-order valence-electron chi connectivity index (χ2n) is 8.22. The largest absolute Gasteiger partial charge is 0.445 e. The number of rotatable bonds is 8. The molecule has 3 heterocycles. The van der Waals surface area contributed by atoms with Gasteiger partial charge in [0.05, 0.1) is 23.0 Å². The standard InChI is InChI=1S/C26H25N7O3/c1-17-13-19(33-12-11-27-16-33)14-21-23(17)32-24(31-21)22-20(7-8-29-25(22)34)28-9-10-30-26(35)36-15-18-5-3-2-4-6-18/h2-8,11-14,16H,9-10,15H2,1H3,(H,30,35)(H,31,32)(H2,28,29,34). The van der Waals surface area contributed by atoms with E-state index >= 15 is 0 Å². The molecule has 0 aliphatic rings. The van der Waals surface area contributed by atoms with Crippen molar-refractivity contribution in [2.24, 2.45) is 0 Å². The molecule has 0 aliphatic carbocycles. The highest BCUT2D eigenvalue weighted by molar-refractivity contribution is 5.86. The van der Waals surface area contributed by atoms with Crippen LogP contribution in [-0.4, -0.2) is 43.7 Å². The molecule has 0 atom stereocenters. The van der Waals surface area contributed by atoms with E-state index in [1.54, 1.807) is 24.8 Å². The highest BCUT2D eigenvalue weighted by atomic mass is 16.5. The first-order valence-electron chi connectivity index (χ1n) is 11.5. The third-order valence-corrected chi connectivity index (χ3v) is 5.68. The van der Waals surface area contributed by atoms with Crippen molar-refractivity contribution >= 4 is 22.8 Å². The van der Waals surface area contributed by atoms with E-state index in [-0.39, 0.29) is 12.2 Å². The van der Waals surface area contributed by atoms with E-state index in [2.05, 4.69) is 25.6 Å². The number of pyridine rings is 1. The summed E-state index contributed by atoms with van der Waals surface area (Å²) in [6, 6.07) is 15.2. The number of aromatic amines is 2. The molecule has 182 valence electrons. The van der Waals surface area contributed by atoms with Crippen molar-refractivity contribution in [2.45, 2.75) is 13.5 Å². The zero-order valence-corrected chi connectivity index (χ0v) is 19.6. The lowest BCUT2D eigenvalue weighted by Crippen LogP contribution is -2.29. The van der Waals surface area contributed by atoms with Gasteiger partial charge >= 0.3 is 6.09 Å². The quantitative estimate of drug-likeness (QED) is 0.249. The lowest BCUT2D eigenvalue weighted by Gasteiger charge is -2.11. The number of imidazole rings is 2. The van der Waals surface area contributed by atoms with Crippen LogP contribution in [0.15, 0.2) is 78.2 Å². The van der Waals surface area contributed by atoms with Crippen molar-refractivity contribution in [1.82, 2.24) is 29.8 Å². The number of hydrogen-bond acceptors (Lipinski definition) is 6. The van der Waals surface area contributed by atoms with Crippen LogP contribution in [0.5, 0.6) is 0 Å². The summed E-state index contributed by atoms with van der Waals surface area (Å²) in [4.78, 5) is 39.5. The molecule has 5 rings (SSSR count). The molecule has 5 aromatic rings. The summed E-state index contributed by atoms with van der Waals surface area (Å²) in [7, 11) is 0. The van der Waals surface area contributed by atoms with E-state index in [0.717, 1.165) is 27.8 Å². The average Bonchev–Trinajstić information content (AvgIpc) is 3.57. The molecular weight excluding hydrogens is 458 g/mol. The van der Waals surface area contributed by atoms with Crippen molar-refractivity contribution < 1.29 is 9.53 Å². The number of carbonyl (C=O) groups excluding carboxylic acids is 1. The molecule has 0 fully saturated rings. The van der Waals surface area contributed by atoms with Gasteiger partial charge in [0.1, 0.15) is 18.0 Å². The molecule has 2 aromatic carbocycles. The number of nitrogens with one attached hydrogen (secondary N) is 4. The van der Waals surface area contributed by atoms with E-state index in [9.17, 15) is 9.59 Å². The highest BCUT2D eigenvalue weighted by Gasteiger charge is 2.16. The molecule has 0 spiro atoms. The highest BCUT2D eigenvalue weighted by Crippen LogP contribution is 2.27. The molecule has 0 saturated carbocycles. The number of benzene rings is 2. The van der Waals surface area contributed by atoms with Crippen LogP contribution in [0.4, 0.5) is 10.5 Å². The fourth-order valence-corrected chi connectivity index (χ4v) is 3.95. The normalized spacial score (nSPS) is 10.9. The van der Waals surface area contributed by atoms with Crippen LogP contribution in [0.3, 0.4) is 0 Å².